The molecular formula is C12H14ClN3O4S. The van der Waals surface area contributed by atoms with Gasteiger partial charge in [-0.2, -0.15) is 0 Å². The number of anilines is 1. The molecule has 1 aliphatic rings. The van der Waals surface area contributed by atoms with E-state index in [9.17, 15) is 18.0 Å². The molecule has 2 rings (SSSR count). The Morgan fingerprint density at radius 3 is 2.62 bits per heavy atom. The van der Waals surface area contributed by atoms with Crippen LogP contribution < -0.4 is 15.4 Å². The van der Waals surface area contributed by atoms with Crippen LogP contribution in [0.1, 0.15) is 16.8 Å². The zero-order chi connectivity index (χ0) is 15.8. The number of sulfonamides is 1. The van der Waals surface area contributed by atoms with E-state index in [1.807, 2.05) is 0 Å². The molecule has 0 saturated carbocycles. The number of amides is 2. The molecule has 0 radical (unpaired) electrons. The highest BCUT2D eigenvalue weighted by atomic mass is 35.5. The van der Waals surface area contributed by atoms with Gasteiger partial charge in [-0.15, -0.1) is 0 Å². The van der Waals surface area contributed by atoms with Gasteiger partial charge in [-0.05, 0) is 18.2 Å². The molecule has 1 aliphatic heterocycles. The summed E-state index contributed by atoms with van der Waals surface area (Å²) in [6.07, 6.45) is -0.159. The van der Waals surface area contributed by atoms with Crippen LogP contribution in [-0.2, 0) is 14.8 Å². The van der Waals surface area contributed by atoms with Crippen LogP contribution in [0.25, 0.3) is 0 Å². The zero-order valence-corrected chi connectivity index (χ0v) is 12.7. The molecule has 0 aliphatic carbocycles. The number of primary sulfonamides is 1. The topological polar surface area (TPSA) is 110 Å². The average Bonchev–Trinajstić information content (AvgIpc) is 2.80. The number of carbonyl (C=O) groups is 2. The molecule has 1 saturated heterocycles. The lowest BCUT2D eigenvalue weighted by Crippen LogP contribution is -2.32. The minimum atomic E-state index is -3.77. The lowest BCUT2D eigenvalue weighted by Gasteiger charge is -2.17. The van der Waals surface area contributed by atoms with Crippen LogP contribution in [0.15, 0.2) is 18.2 Å². The molecule has 7 nitrogen and oxygen atoms in total. The molecule has 0 bridgehead atoms. The van der Waals surface area contributed by atoms with Crippen molar-refractivity contribution in [1.29, 1.82) is 0 Å². The standard InChI is InChI=1S/C12H14ClN3O4S/c1-15-12(18)9-3-2-7(4-10(9)13)16-6-8(5-11(16)17)21(14,19)20/h2-4,8H,5-6H2,1H3,(H,15,18)(H2,14,19,20). The second kappa shape index (κ2) is 5.63. The fourth-order valence-electron chi connectivity index (χ4n) is 2.14. The molecule has 1 fully saturated rings. The molecule has 21 heavy (non-hydrogen) atoms. The van der Waals surface area contributed by atoms with Gasteiger partial charge in [0, 0.05) is 25.7 Å². The number of nitrogens with two attached hydrogens (primary N) is 1. The second-order valence-corrected chi connectivity index (χ2v) is 6.91. The van der Waals surface area contributed by atoms with E-state index in [-0.39, 0.29) is 35.4 Å². The van der Waals surface area contributed by atoms with Crippen molar-refractivity contribution < 1.29 is 18.0 Å². The normalized spacial score (nSPS) is 18.9. The van der Waals surface area contributed by atoms with E-state index in [1.165, 1.54) is 24.1 Å². The average molecular weight is 332 g/mol. The van der Waals surface area contributed by atoms with Gasteiger partial charge in [-0.3, -0.25) is 9.59 Å². The molecule has 2 amide bonds. The highest BCUT2D eigenvalue weighted by Gasteiger charge is 2.37. The number of benzene rings is 1. The van der Waals surface area contributed by atoms with Crippen LogP contribution in [0.2, 0.25) is 5.02 Å². The van der Waals surface area contributed by atoms with Gasteiger partial charge in [0.2, 0.25) is 15.9 Å². The molecule has 1 unspecified atom stereocenters. The number of nitrogens with zero attached hydrogens (tertiary/aromatic N) is 1. The molecule has 0 aromatic heterocycles. The Balaban J connectivity index is 2.30. The molecule has 114 valence electrons. The van der Waals surface area contributed by atoms with Crippen molar-refractivity contribution in [1.82, 2.24) is 5.32 Å². The van der Waals surface area contributed by atoms with Gasteiger partial charge < -0.3 is 10.2 Å². The first-order valence-electron chi connectivity index (χ1n) is 6.07. The molecular weight excluding hydrogens is 318 g/mol. The monoisotopic (exact) mass is 331 g/mol. The molecule has 0 spiro atoms. The van der Waals surface area contributed by atoms with Gasteiger partial charge >= 0.3 is 0 Å². The van der Waals surface area contributed by atoms with E-state index in [4.69, 9.17) is 16.7 Å². The fourth-order valence-corrected chi connectivity index (χ4v) is 3.13. The van der Waals surface area contributed by atoms with Gasteiger partial charge in [0.05, 0.1) is 10.6 Å². The Hall–Kier alpha value is -1.64. The second-order valence-electron chi connectivity index (χ2n) is 4.66. The van der Waals surface area contributed by atoms with Crippen molar-refractivity contribution in [2.75, 3.05) is 18.5 Å². The van der Waals surface area contributed by atoms with E-state index < -0.39 is 15.3 Å². The first-order valence-corrected chi connectivity index (χ1v) is 8.06. The largest absolute Gasteiger partial charge is 0.355 e. The third-order valence-electron chi connectivity index (χ3n) is 3.29. The number of hydrogen-bond donors (Lipinski definition) is 2. The van der Waals surface area contributed by atoms with Gasteiger partial charge in [0.25, 0.3) is 5.91 Å². The Labute approximate surface area is 127 Å². The first-order chi connectivity index (χ1) is 9.74. The fraction of sp³-hybridized carbons (Fsp3) is 0.333. The Bertz CT molecular complexity index is 704. The van der Waals surface area contributed by atoms with E-state index in [0.717, 1.165) is 0 Å². The summed E-state index contributed by atoms with van der Waals surface area (Å²) in [5.41, 5.74) is 0.710. The summed E-state index contributed by atoms with van der Waals surface area (Å²) in [6, 6.07) is 4.48. The zero-order valence-electron chi connectivity index (χ0n) is 11.2. The van der Waals surface area contributed by atoms with E-state index in [2.05, 4.69) is 5.32 Å². The number of carbonyl (C=O) groups excluding carboxylic acids is 2. The quantitative estimate of drug-likeness (QED) is 0.818. The highest BCUT2D eigenvalue weighted by molar-refractivity contribution is 7.89. The number of hydrogen-bond acceptors (Lipinski definition) is 4. The van der Waals surface area contributed by atoms with E-state index in [1.54, 1.807) is 6.07 Å². The lowest BCUT2D eigenvalue weighted by molar-refractivity contribution is -0.117. The first kappa shape index (κ1) is 15.7. The lowest BCUT2D eigenvalue weighted by atomic mass is 10.2. The molecule has 3 N–H and O–H groups in total. The highest BCUT2D eigenvalue weighted by Crippen LogP contribution is 2.28. The Morgan fingerprint density at radius 2 is 2.14 bits per heavy atom. The molecule has 9 heteroatoms. The third kappa shape index (κ3) is 3.17. The summed E-state index contributed by atoms with van der Waals surface area (Å²) in [6.45, 7) is -0.0205. The maximum atomic E-state index is 11.9. The van der Waals surface area contributed by atoms with Gasteiger partial charge in [-0.1, -0.05) is 11.6 Å². The van der Waals surface area contributed by atoms with Crippen molar-refractivity contribution >= 4 is 39.1 Å². The Kier molecular flexibility index (Phi) is 4.22. The van der Waals surface area contributed by atoms with Gasteiger partial charge in [0.1, 0.15) is 5.25 Å². The minimum absolute atomic E-state index is 0.0205. The molecule has 1 aromatic carbocycles. The van der Waals surface area contributed by atoms with Crippen molar-refractivity contribution in [3.8, 4) is 0 Å². The number of rotatable bonds is 3. The minimum Gasteiger partial charge on any atom is -0.355 e. The van der Waals surface area contributed by atoms with Crippen molar-refractivity contribution in [3.63, 3.8) is 0 Å². The maximum absolute atomic E-state index is 11.9. The summed E-state index contributed by atoms with van der Waals surface area (Å²) in [4.78, 5) is 24.7. The molecule has 1 heterocycles. The van der Waals surface area contributed by atoms with Crippen LogP contribution in [0, 0.1) is 0 Å². The van der Waals surface area contributed by atoms with Crippen molar-refractivity contribution in [3.05, 3.63) is 28.8 Å². The Morgan fingerprint density at radius 1 is 1.48 bits per heavy atom. The van der Waals surface area contributed by atoms with Crippen LogP contribution in [0.3, 0.4) is 0 Å². The van der Waals surface area contributed by atoms with E-state index >= 15 is 0 Å². The van der Waals surface area contributed by atoms with Crippen molar-refractivity contribution in [2.45, 2.75) is 11.7 Å². The smallest absolute Gasteiger partial charge is 0.252 e. The van der Waals surface area contributed by atoms with Crippen LogP contribution in [-0.4, -0.2) is 39.1 Å². The number of nitrogens with one attached hydrogen (secondary N) is 1. The van der Waals surface area contributed by atoms with Gasteiger partial charge in [-0.25, -0.2) is 13.6 Å². The molecule has 1 aromatic rings. The summed E-state index contributed by atoms with van der Waals surface area (Å²) in [5, 5.41) is 6.77. The van der Waals surface area contributed by atoms with Crippen molar-refractivity contribution in [2.24, 2.45) is 5.14 Å². The number of halogens is 1. The third-order valence-corrected chi connectivity index (χ3v) is 4.85. The predicted octanol–water partition coefficient (Wildman–Crippen LogP) is 0.0934. The summed E-state index contributed by atoms with van der Waals surface area (Å²) < 4.78 is 22.7. The van der Waals surface area contributed by atoms with Crippen LogP contribution >= 0.6 is 11.6 Å². The van der Waals surface area contributed by atoms with Crippen LogP contribution in [0.4, 0.5) is 5.69 Å². The van der Waals surface area contributed by atoms with E-state index in [0.29, 0.717) is 5.69 Å². The maximum Gasteiger partial charge on any atom is 0.252 e. The summed E-state index contributed by atoms with van der Waals surface area (Å²) in [5.74, 6) is -0.695. The SMILES string of the molecule is CNC(=O)c1ccc(N2CC(S(N)(=O)=O)CC2=O)cc1Cl. The van der Waals surface area contributed by atoms with Crippen LogP contribution in [0.5, 0.6) is 0 Å². The van der Waals surface area contributed by atoms with Gasteiger partial charge in [0.15, 0.2) is 0 Å². The summed E-state index contributed by atoms with van der Waals surface area (Å²) >= 11 is 6.01. The molecule has 1 atom stereocenters. The predicted molar refractivity (Wildman–Crippen MR) is 78.7 cm³/mol. The summed E-state index contributed by atoms with van der Waals surface area (Å²) in [7, 11) is -2.29.